The van der Waals surface area contributed by atoms with Crippen LogP contribution in [0.2, 0.25) is 0 Å². The van der Waals surface area contributed by atoms with Crippen molar-refractivity contribution in [1.82, 2.24) is 4.90 Å². The lowest BCUT2D eigenvalue weighted by atomic mass is 9.76. The summed E-state index contributed by atoms with van der Waals surface area (Å²) >= 11 is 0. The third-order valence-electron chi connectivity index (χ3n) is 6.93. The van der Waals surface area contributed by atoms with Crippen LogP contribution in [0, 0.1) is 18.3 Å². The molecule has 2 aromatic carbocycles. The summed E-state index contributed by atoms with van der Waals surface area (Å²) < 4.78 is 0. The normalized spacial score (nSPS) is 17.3. The summed E-state index contributed by atoms with van der Waals surface area (Å²) in [7, 11) is 1.75. The van der Waals surface area contributed by atoms with Gasteiger partial charge in [0.15, 0.2) is 5.78 Å². The monoisotopic (exact) mass is 474 g/mol. The van der Waals surface area contributed by atoms with Crippen LogP contribution in [0.3, 0.4) is 0 Å². The molecule has 2 aromatic rings. The van der Waals surface area contributed by atoms with E-state index < -0.39 is 17.4 Å². The molecule has 0 aliphatic carbocycles. The summed E-state index contributed by atoms with van der Waals surface area (Å²) in [5, 5.41) is 0. The number of ketones is 1. The summed E-state index contributed by atoms with van der Waals surface area (Å²) in [5.74, 6) is -0.770. The number of amides is 2. The molecule has 2 atom stereocenters. The zero-order valence-electron chi connectivity index (χ0n) is 21.9. The van der Waals surface area contributed by atoms with Gasteiger partial charge in [-0.3, -0.25) is 14.4 Å². The molecule has 1 aliphatic rings. The fraction of sp³-hybridized carbons (Fsp3) is 0.433. The van der Waals surface area contributed by atoms with Crippen LogP contribution in [0.5, 0.6) is 0 Å². The SMILES string of the molecule is C/C(=C\C(=O)C[C@H](C(=O)N1CCC[C@H]1C(=O)N(C)c1ccccc1)C(C)(C)C)c1ccc(C)cc1. The highest BCUT2D eigenvalue weighted by atomic mass is 16.2. The molecule has 0 radical (unpaired) electrons. The average molecular weight is 475 g/mol. The smallest absolute Gasteiger partial charge is 0.249 e. The first kappa shape index (κ1) is 26.4. The maximum atomic E-state index is 13.8. The van der Waals surface area contributed by atoms with Crippen LogP contribution >= 0.6 is 0 Å². The predicted molar refractivity (Wildman–Crippen MR) is 142 cm³/mol. The highest BCUT2D eigenvalue weighted by Crippen LogP contribution is 2.34. The van der Waals surface area contributed by atoms with E-state index in [9.17, 15) is 14.4 Å². The van der Waals surface area contributed by atoms with Crippen LogP contribution < -0.4 is 4.90 Å². The highest BCUT2D eigenvalue weighted by Gasteiger charge is 2.42. The lowest BCUT2D eigenvalue weighted by molar-refractivity contribution is -0.145. The zero-order chi connectivity index (χ0) is 25.8. The van der Waals surface area contributed by atoms with Gasteiger partial charge in [-0.05, 0) is 61.4 Å². The van der Waals surface area contributed by atoms with Gasteiger partial charge in [0, 0.05) is 25.7 Å². The molecular weight excluding hydrogens is 436 g/mol. The molecule has 1 aliphatic heterocycles. The van der Waals surface area contributed by atoms with Gasteiger partial charge in [0.05, 0.1) is 5.92 Å². The van der Waals surface area contributed by atoms with Crippen molar-refractivity contribution in [3.8, 4) is 0 Å². The van der Waals surface area contributed by atoms with Crippen molar-refractivity contribution in [2.45, 2.75) is 59.9 Å². The van der Waals surface area contributed by atoms with Gasteiger partial charge in [-0.2, -0.15) is 0 Å². The van der Waals surface area contributed by atoms with Crippen molar-refractivity contribution in [2.75, 3.05) is 18.5 Å². The number of anilines is 1. The van der Waals surface area contributed by atoms with E-state index in [2.05, 4.69) is 0 Å². The van der Waals surface area contributed by atoms with Crippen LogP contribution in [0.1, 0.15) is 58.1 Å². The van der Waals surface area contributed by atoms with Crippen molar-refractivity contribution in [2.24, 2.45) is 11.3 Å². The van der Waals surface area contributed by atoms with Crippen molar-refractivity contribution in [3.05, 3.63) is 71.8 Å². The van der Waals surface area contributed by atoms with Crippen LogP contribution in [-0.4, -0.2) is 42.1 Å². The Hall–Kier alpha value is -3.21. The molecule has 2 amide bonds. The second-order valence-corrected chi connectivity index (χ2v) is 10.7. The van der Waals surface area contributed by atoms with E-state index in [0.29, 0.717) is 13.0 Å². The molecule has 186 valence electrons. The molecule has 0 spiro atoms. The largest absolute Gasteiger partial charge is 0.330 e. The molecule has 0 unspecified atom stereocenters. The summed E-state index contributed by atoms with van der Waals surface area (Å²) in [6.07, 6.45) is 3.19. The lowest BCUT2D eigenvalue weighted by Gasteiger charge is -2.35. The first-order chi connectivity index (χ1) is 16.5. The fourth-order valence-electron chi connectivity index (χ4n) is 4.66. The second-order valence-electron chi connectivity index (χ2n) is 10.7. The van der Waals surface area contributed by atoms with E-state index in [1.54, 1.807) is 22.9 Å². The molecular formula is C30H38N2O3. The molecule has 35 heavy (non-hydrogen) atoms. The number of allylic oxidation sites excluding steroid dienone is 2. The maximum absolute atomic E-state index is 13.8. The van der Waals surface area contributed by atoms with E-state index in [1.807, 2.05) is 89.2 Å². The van der Waals surface area contributed by atoms with Gasteiger partial charge >= 0.3 is 0 Å². The zero-order valence-corrected chi connectivity index (χ0v) is 21.9. The molecule has 1 fully saturated rings. The summed E-state index contributed by atoms with van der Waals surface area (Å²) in [5.41, 5.74) is 3.43. The van der Waals surface area contributed by atoms with Gasteiger partial charge in [-0.25, -0.2) is 0 Å². The first-order valence-electron chi connectivity index (χ1n) is 12.4. The summed E-state index contributed by atoms with van der Waals surface area (Å²) in [6.45, 7) is 10.5. The Morgan fingerprint density at radius 3 is 2.29 bits per heavy atom. The van der Waals surface area contributed by atoms with E-state index >= 15 is 0 Å². The Morgan fingerprint density at radius 1 is 1.06 bits per heavy atom. The highest BCUT2D eigenvalue weighted by molar-refractivity contribution is 6.01. The van der Waals surface area contributed by atoms with Crippen molar-refractivity contribution in [3.63, 3.8) is 0 Å². The Morgan fingerprint density at radius 2 is 1.69 bits per heavy atom. The van der Waals surface area contributed by atoms with Gasteiger partial charge in [-0.1, -0.05) is 68.8 Å². The summed E-state index contributed by atoms with van der Waals surface area (Å²) in [6, 6.07) is 17.0. The van der Waals surface area contributed by atoms with Crippen LogP contribution in [0.15, 0.2) is 60.7 Å². The number of para-hydroxylation sites is 1. The number of likely N-dealkylation sites (tertiary alicyclic amines) is 1. The number of carbonyl (C=O) groups is 3. The molecule has 3 rings (SSSR count). The maximum Gasteiger partial charge on any atom is 0.249 e. The van der Waals surface area contributed by atoms with Crippen molar-refractivity contribution < 1.29 is 14.4 Å². The topological polar surface area (TPSA) is 57.7 Å². The minimum atomic E-state index is -0.507. The molecule has 1 saturated heterocycles. The minimum Gasteiger partial charge on any atom is -0.330 e. The number of nitrogens with zero attached hydrogens (tertiary/aromatic N) is 2. The Balaban J connectivity index is 1.77. The van der Waals surface area contributed by atoms with Gasteiger partial charge in [0.2, 0.25) is 11.8 Å². The molecule has 0 N–H and O–H groups in total. The van der Waals surface area contributed by atoms with Crippen LogP contribution in [-0.2, 0) is 14.4 Å². The number of rotatable bonds is 7. The van der Waals surface area contributed by atoms with E-state index in [-0.39, 0.29) is 24.0 Å². The van der Waals surface area contributed by atoms with Crippen LogP contribution in [0.4, 0.5) is 5.69 Å². The third-order valence-corrected chi connectivity index (χ3v) is 6.93. The quantitative estimate of drug-likeness (QED) is 0.486. The molecule has 0 bridgehead atoms. The second kappa shape index (κ2) is 11.0. The number of hydrogen-bond acceptors (Lipinski definition) is 3. The predicted octanol–water partition coefficient (Wildman–Crippen LogP) is 5.67. The Kier molecular flexibility index (Phi) is 8.31. The molecule has 5 nitrogen and oxygen atoms in total. The molecule has 0 saturated carbocycles. The van der Waals surface area contributed by atoms with Gasteiger partial charge in [0.1, 0.15) is 6.04 Å². The lowest BCUT2D eigenvalue weighted by Crippen LogP contribution is -2.50. The van der Waals surface area contributed by atoms with Gasteiger partial charge in [-0.15, -0.1) is 0 Å². The number of aryl methyl sites for hydroxylation is 1. The average Bonchev–Trinajstić information content (AvgIpc) is 3.31. The molecule has 1 heterocycles. The number of carbonyl (C=O) groups excluding carboxylic acids is 3. The fourth-order valence-corrected chi connectivity index (χ4v) is 4.66. The summed E-state index contributed by atoms with van der Waals surface area (Å²) in [4.78, 5) is 43.5. The van der Waals surface area contributed by atoms with Crippen LogP contribution in [0.25, 0.3) is 5.57 Å². The minimum absolute atomic E-state index is 0.0696. The number of benzene rings is 2. The van der Waals surface area contributed by atoms with Crippen molar-refractivity contribution >= 4 is 28.9 Å². The molecule has 5 heteroatoms. The Bertz CT molecular complexity index is 1080. The Labute approximate surface area is 209 Å². The third kappa shape index (κ3) is 6.47. The van der Waals surface area contributed by atoms with Gasteiger partial charge < -0.3 is 9.80 Å². The van der Waals surface area contributed by atoms with E-state index in [1.165, 1.54) is 5.56 Å². The first-order valence-corrected chi connectivity index (χ1v) is 12.4. The molecule has 0 aromatic heterocycles. The standard InChI is InChI=1S/C30H38N2O3/c1-21-14-16-23(17-15-21)22(2)19-25(33)20-26(30(3,4)5)28(34)32-18-10-13-27(32)29(35)31(6)24-11-8-7-9-12-24/h7-9,11-12,14-17,19,26-27H,10,13,18,20H2,1-6H3/b22-19+/t26-,27+/m1/s1. The van der Waals surface area contributed by atoms with E-state index in [0.717, 1.165) is 23.2 Å². The van der Waals surface area contributed by atoms with Crippen molar-refractivity contribution in [1.29, 1.82) is 0 Å². The number of hydrogen-bond donors (Lipinski definition) is 0. The van der Waals surface area contributed by atoms with E-state index in [4.69, 9.17) is 0 Å². The van der Waals surface area contributed by atoms with Gasteiger partial charge in [0.25, 0.3) is 0 Å². The number of likely N-dealkylation sites (N-methyl/N-ethyl adjacent to an activating group) is 1.